The summed E-state index contributed by atoms with van der Waals surface area (Å²) >= 11 is 0. The molecule has 2 N–H and O–H groups in total. The van der Waals surface area contributed by atoms with Gasteiger partial charge in [-0.2, -0.15) is 0 Å². The van der Waals surface area contributed by atoms with Crippen LogP contribution in [0.5, 0.6) is 0 Å². The van der Waals surface area contributed by atoms with Gasteiger partial charge in [-0.05, 0) is 32.4 Å². The molecule has 1 atom stereocenters. The van der Waals surface area contributed by atoms with Gasteiger partial charge in [0, 0.05) is 12.6 Å². The maximum absolute atomic E-state index is 5.95. The molecule has 0 bridgehead atoms. The summed E-state index contributed by atoms with van der Waals surface area (Å²) in [7, 11) is 0. The average Bonchev–Trinajstić information content (AvgIpc) is 2.23. The summed E-state index contributed by atoms with van der Waals surface area (Å²) in [5.74, 6) is 0. The van der Waals surface area contributed by atoms with E-state index in [1.54, 1.807) is 0 Å². The Morgan fingerprint density at radius 2 is 1.87 bits per heavy atom. The number of hydrogen-bond acceptors (Lipinski definition) is 2. The van der Waals surface area contributed by atoms with Crippen molar-refractivity contribution in [2.24, 2.45) is 5.73 Å². The van der Waals surface area contributed by atoms with Crippen molar-refractivity contribution in [2.75, 3.05) is 19.6 Å². The minimum Gasteiger partial charge on any atom is -0.327 e. The third kappa shape index (κ3) is 6.16. The first-order valence-corrected chi connectivity index (χ1v) is 6.81. The summed E-state index contributed by atoms with van der Waals surface area (Å²) in [5.41, 5.74) is 5.95. The molecule has 1 rings (SSSR count). The molecule has 0 amide bonds. The lowest BCUT2D eigenvalue weighted by atomic mass is 10.1. The molecule has 1 fully saturated rings. The molecule has 90 valence electrons. The molecule has 1 heterocycles. The minimum atomic E-state index is 0.443. The molecular formula is C13H28N2. The van der Waals surface area contributed by atoms with Crippen molar-refractivity contribution in [1.82, 2.24) is 4.90 Å². The van der Waals surface area contributed by atoms with Crippen LogP contribution in [-0.2, 0) is 0 Å². The topological polar surface area (TPSA) is 29.3 Å². The lowest BCUT2D eigenvalue weighted by Crippen LogP contribution is -2.43. The van der Waals surface area contributed by atoms with E-state index in [9.17, 15) is 0 Å². The Hall–Kier alpha value is -0.0800. The van der Waals surface area contributed by atoms with Gasteiger partial charge in [0.1, 0.15) is 0 Å². The van der Waals surface area contributed by atoms with Crippen LogP contribution >= 0.6 is 0 Å². The van der Waals surface area contributed by atoms with E-state index < -0.39 is 0 Å². The standard InChI is InChI=1S/C13H28N2/c1-2-3-4-5-6-7-10-15-11-8-9-13(14)12-15/h13H,2-12,14H2,1H3/t13-/m1/s1. The van der Waals surface area contributed by atoms with E-state index in [0.29, 0.717) is 6.04 Å². The molecule has 2 heteroatoms. The van der Waals surface area contributed by atoms with Gasteiger partial charge in [-0.1, -0.05) is 39.0 Å². The van der Waals surface area contributed by atoms with Crippen LogP contribution in [-0.4, -0.2) is 30.6 Å². The lowest BCUT2D eigenvalue weighted by Gasteiger charge is -2.30. The van der Waals surface area contributed by atoms with Crippen LogP contribution in [0, 0.1) is 0 Å². The quantitative estimate of drug-likeness (QED) is 0.658. The average molecular weight is 212 g/mol. The number of nitrogens with two attached hydrogens (primary N) is 1. The highest BCUT2D eigenvalue weighted by Gasteiger charge is 2.15. The van der Waals surface area contributed by atoms with Crippen molar-refractivity contribution < 1.29 is 0 Å². The first-order chi connectivity index (χ1) is 7.33. The first kappa shape index (κ1) is 13.0. The van der Waals surface area contributed by atoms with Crippen molar-refractivity contribution in [1.29, 1.82) is 0 Å². The number of likely N-dealkylation sites (tertiary alicyclic amines) is 1. The maximum Gasteiger partial charge on any atom is 0.0168 e. The lowest BCUT2D eigenvalue weighted by molar-refractivity contribution is 0.205. The van der Waals surface area contributed by atoms with Crippen LogP contribution in [0.2, 0.25) is 0 Å². The molecular weight excluding hydrogens is 184 g/mol. The van der Waals surface area contributed by atoms with Gasteiger partial charge in [-0.25, -0.2) is 0 Å². The number of unbranched alkanes of at least 4 members (excludes halogenated alkanes) is 5. The summed E-state index contributed by atoms with van der Waals surface area (Å²) in [6.45, 7) is 5.96. The van der Waals surface area contributed by atoms with Gasteiger partial charge in [0.15, 0.2) is 0 Å². The van der Waals surface area contributed by atoms with Crippen LogP contribution < -0.4 is 5.73 Å². The van der Waals surface area contributed by atoms with Gasteiger partial charge in [-0.15, -0.1) is 0 Å². The molecule has 2 nitrogen and oxygen atoms in total. The fourth-order valence-electron chi connectivity index (χ4n) is 2.41. The second kappa shape index (κ2) is 8.12. The molecule has 1 aliphatic rings. The summed E-state index contributed by atoms with van der Waals surface area (Å²) in [6.07, 6.45) is 10.9. The van der Waals surface area contributed by atoms with Crippen LogP contribution in [0.3, 0.4) is 0 Å². The van der Waals surface area contributed by atoms with E-state index in [1.165, 1.54) is 64.5 Å². The molecule has 0 unspecified atom stereocenters. The monoisotopic (exact) mass is 212 g/mol. The van der Waals surface area contributed by atoms with E-state index in [4.69, 9.17) is 5.73 Å². The third-order valence-corrected chi connectivity index (χ3v) is 3.37. The van der Waals surface area contributed by atoms with Crippen LogP contribution in [0.4, 0.5) is 0 Å². The number of hydrogen-bond donors (Lipinski definition) is 1. The molecule has 0 radical (unpaired) electrons. The smallest absolute Gasteiger partial charge is 0.0168 e. The van der Waals surface area contributed by atoms with E-state index >= 15 is 0 Å². The van der Waals surface area contributed by atoms with Gasteiger partial charge in [0.05, 0.1) is 0 Å². The Balaban J connectivity index is 1.90. The highest BCUT2D eigenvalue weighted by molar-refractivity contribution is 4.74. The number of nitrogens with zero attached hydrogens (tertiary/aromatic N) is 1. The van der Waals surface area contributed by atoms with Gasteiger partial charge >= 0.3 is 0 Å². The van der Waals surface area contributed by atoms with Gasteiger partial charge in [0.25, 0.3) is 0 Å². The van der Waals surface area contributed by atoms with Gasteiger partial charge < -0.3 is 10.6 Å². The zero-order valence-electron chi connectivity index (χ0n) is 10.4. The van der Waals surface area contributed by atoms with Crippen molar-refractivity contribution in [2.45, 2.75) is 64.3 Å². The summed E-state index contributed by atoms with van der Waals surface area (Å²) in [4.78, 5) is 2.55. The van der Waals surface area contributed by atoms with Crippen molar-refractivity contribution >= 4 is 0 Å². The fraction of sp³-hybridized carbons (Fsp3) is 1.00. The molecule has 1 saturated heterocycles. The van der Waals surface area contributed by atoms with Gasteiger partial charge in [-0.3, -0.25) is 0 Å². The van der Waals surface area contributed by atoms with Crippen LogP contribution in [0.15, 0.2) is 0 Å². The molecule has 0 aromatic rings. The number of rotatable bonds is 7. The third-order valence-electron chi connectivity index (χ3n) is 3.37. The molecule has 0 aliphatic carbocycles. The predicted octanol–water partition coefficient (Wildman–Crippen LogP) is 2.77. The molecule has 0 spiro atoms. The van der Waals surface area contributed by atoms with E-state index in [2.05, 4.69) is 11.8 Å². The highest BCUT2D eigenvalue weighted by Crippen LogP contribution is 2.10. The van der Waals surface area contributed by atoms with Gasteiger partial charge in [0.2, 0.25) is 0 Å². The largest absolute Gasteiger partial charge is 0.327 e. The zero-order valence-corrected chi connectivity index (χ0v) is 10.4. The van der Waals surface area contributed by atoms with Crippen LogP contribution in [0.1, 0.15) is 58.3 Å². The Morgan fingerprint density at radius 1 is 1.13 bits per heavy atom. The highest BCUT2D eigenvalue weighted by atomic mass is 15.1. The van der Waals surface area contributed by atoms with Crippen molar-refractivity contribution in [3.63, 3.8) is 0 Å². The summed E-state index contributed by atoms with van der Waals surface area (Å²) < 4.78 is 0. The van der Waals surface area contributed by atoms with E-state index in [0.717, 1.165) is 6.54 Å². The SMILES string of the molecule is CCCCCCCCN1CCC[C@@H](N)C1. The van der Waals surface area contributed by atoms with E-state index in [-0.39, 0.29) is 0 Å². The predicted molar refractivity (Wildman–Crippen MR) is 67.0 cm³/mol. The maximum atomic E-state index is 5.95. The fourth-order valence-corrected chi connectivity index (χ4v) is 2.41. The Bertz CT molecular complexity index is 147. The second-order valence-electron chi connectivity index (χ2n) is 4.97. The molecule has 0 saturated carbocycles. The van der Waals surface area contributed by atoms with Crippen LogP contribution in [0.25, 0.3) is 0 Å². The van der Waals surface area contributed by atoms with Crippen molar-refractivity contribution in [3.8, 4) is 0 Å². The molecule has 0 aromatic carbocycles. The Morgan fingerprint density at radius 3 is 2.60 bits per heavy atom. The normalized spacial score (nSPS) is 23.2. The Kier molecular flexibility index (Phi) is 7.03. The molecule has 0 aromatic heterocycles. The minimum absolute atomic E-state index is 0.443. The summed E-state index contributed by atoms with van der Waals surface area (Å²) in [6, 6.07) is 0.443. The number of piperidine rings is 1. The zero-order chi connectivity index (χ0) is 10.9. The second-order valence-corrected chi connectivity index (χ2v) is 4.97. The molecule has 1 aliphatic heterocycles. The molecule has 15 heavy (non-hydrogen) atoms. The van der Waals surface area contributed by atoms with E-state index in [1.807, 2.05) is 0 Å². The van der Waals surface area contributed by atoms with Crippen molar-refractivity contribution in [3.05, 3.63) is 0 Å². The Labute approximate surface area is 95.2 Å². The summed E-state index contributed by atoms with van der Waals surface area (Å²) in [5, 5.41) is 0. The first-order valence-electron chi connectivity index (χ1n) is 6.81.